The largest absolute Gasteiger partial charge is 0.496 e. The minimum atomic E-state index is -0.311. The molecular weight excluding hydrogens is 246 g/mol. The standard InChI is InChI=1S/C14H21NO2S/c1-5-10-6-7-12(17-4)11(8-10)14(2,3)9-15-13(16)18/h6-8H,5,9H2,1-4H3,(H2,15,16,18). The van der Waals surface area contributed by atoms with E-state index < -0.39 is 0 Å². The van der Waals surface area contributed by atoms with Crippen LogP contribution in [0.3, 0.4) is 0 Å². The van der Waals surface area contributed by atoms with Gasteiger partial charge in [0.2, 0.25) is 0 Å². The molecule has 4 heteroatoms. The minimum Gasteiger partial charge on any atom is -0.496 e. The summed E-state index contributed by atoms with van der Waals surface area (Å²) in [5.41, 5.74) is 2.16. The van der Waals surface area contributed by atoms with Gasteiger partial charge in [-0.25, -0.2) is 0 Å². The summed E-state index contributed by atoms with van der Waals surface area (Å²) in [7, 11) is 1.66. The fourth-order valence-electron chi connectivity index (χ4n) is 1.90. The monoisotopic (exact) mass is 267 g/mol. The minimum absolute atomic E-state index is 0.199. The summed E-state index contributed by atoms with van der Waals surface area (Å²) in [4.78, 5) is 10.9. The number of carbonyl (C=O) groups is 1. The van der Waals surface area contributed by atoms with E-state index in [4.69, 9.17) is 4.74 Å². The van der Waals surface area contributed by atoms with E-state index in [0.29, 0.717) is 6.54 Å². The van der Waals surface area contributed by atoms with Gasteiger partial charge in [-0.15, -0.1) is 0 Å². The molecule has 0 aliphatic heterocycles. The molecule has 0 saturated heterocycles. The molecular formula is C14H21NO2S. The Bertz CT molecular complexity index is 430. The van der Waals surface area contributed by atoms with E-state index in [1.54, 1.807) is 7.11 Å². The first kappa shape index (κ1) is 14.9. The van der Waals surface area contributed by atoms with Gasteiger partial charge < -0.3 is 10.1 Å². The summed E-state index contributed by atoms with van der Waals surface area (Å²) < 4.78 is 5.41. The molecule has 0 bridgehead atoms. The summed E-state index contributed by atoms with van der Waals surface area (Å²) in [6.07, 6.45) is 0.978. The lowest BCUT2D eigenvalue weighted by Crippen LogP contribution is -2.34. The zero-order valence-electron chi connectivity index (χ0n) is 11.4. The number of benzene rings is 1. The van der Waals surface area contributed by atoms with Gasteiger partial charge in [-0.2, -0.15) is 0 Å². The average molecular weight is 267 g/mol. The van der Waals surface area contributed by atoms with Crippen molar-refractivity contribution in [2.75, 3.05) is 13.7 Å². The van der Waals surface area contributed by atoms with E-state index in [2.05, 4.69) is 50.8 Å². The summed E-state index contributed by atoms with van der Waals surface area (Å²) >= 11 is 3.73. The van der Waals surface area contributed by atoms with E-state index in [1.807, 2.05) is 6.07 Å². The van der Waals surface area contributed by atoms with Crippen LogP contribution in [-0.2, 0) is 11.8 Å². The third kappa shape index (κ3) is 3.67. The number of rotatable bonds is 5. The van der Waals surface area contributed by atoms with Crippen LogP contribution in [0.4, 0.5) is 4.79 Å². The molecule has 0 aromatic heterocycles. The highest BCUT2D eigenvalue weighted by Crippen LogP contribution is 2.32. The van der Waals surface area contributed by atoms with Crippen LogP contribution in [0.25, 0.3) is 0 Å². The van der Waals surface area contributed by atoms with Crippen LogP contribution < -0.4 is 10.1 Å². The van der Waals surface area contributed by atoms with Crippen molar-refractivity contribution in [3.8, 4) is 5.75 Å². The number of hydrogen-bond donors (Lipinski definition) is 2. The van der Waals surface area contributed by atoms with Crippen molar-refractivity contribution in [2.24, 2.45) is 0 Å². The van der Waals surface area contributed by atoms with E-state index >= 15 is 0 Å². The predicted octanol–water partition coefficient (Wildman–Crippen LogP) is 3.17. The van der Waals surface area contributed by atoms with Gasteiger partial charge in [0.1, 0.15) is 5.75 Å². The van der Waals surface area contributed by atoms with Crippen molar-refractivity contribution in [1.29, 1.82) is 0 Å². The Morgan fingerprint density at radius 2 is 2.11 bits per heavy atom. The lowest BCUT2D eigenvalue weighted by Gasteiger charge is -2.27. The van der Waals surface area contributed by atoms with Crippen molar-refractivity contribution in [3.63, 3.8) is 0 Å². The van der Waals surface area contributed by atoms with Gasteiger partial charge in [0.25, 0.3) is 5.24 Å². The van der Waals surface area contributed by atoms with Gasteiger partial charge in [-0.1, -0.05) is 45.5 Å². The van der Waals surface area contributed by atoms with Crippen LogP contribution in [-0.4, -0.2) is 18.9 Å². The van der Waals surface area contributed by atoms with Crippen LogP contribution in [0.1, 0.15) is 31.9 Å². The normalized spacial score (nSPS) is 11.2. The molecule has 0 saturated carbocycles. The van der Waals surface area contributed by atoms with E-state index in [9.17, 15) is 4.79 Å². The van der Waals surface area contributed by atoms with Crippen LogP contribution in [0.15, 0.2) is 18.2 Å². The van der Waals surface area contributed by atoms with Crippen LogP contribution in [0, 0.1) is 0 Å². The number of amides is 1. The van der Waals surface area contributed by atoms with E-state index in [1.165, 1.54) is 5.56 Å². The lowest BCUT2D eigenvalue weighted by molar-refractivity contribution is 0.258. The molecule has 1 amide bonds. The quantitative estimate of drug-likeness (QED) is 0.804. The molecule has 18 heavy (non-hydrogen) atoms. The van der Waals surface area contributed by atoms with Crippen molar-refractivity contribution in [1.82, 2.24) is 5.32 Å². The molecule has 0 spiro atoms. The fraction of sp³-hybridized carbons (Fsp3) is 0.500. The third-order valence-corrected chi connectivity index (χ3v) is 3.24. The second-order valence-corrected chi connectivity index (χ2v) is 5.34. The molecule has 0 atom stereocenters. The van der Waals surface area contributed by atoms with Crippen LogP contribution in [0.2, 0.25) is 0 Å². The maximum atomic E-state index is 10.9. The Morgan fingerprint density at radius 3 is 2.61 bits per heavy atom. The molecule has 0 radical (unpaired) electrons. The zero-order valence-corrected chi connectivity index (χ0v) is 12.3. The van der Waals surface area contributed by atoms with Gasteiger partial charge in [0.15, 0.2) is 0 Å². The lowest BCUT2D eigenvalue weighted by atomic mass is 9.83. The molecule has 0 aliphatic rings. The highest BCUT2D eigenvalue weighted by molar-refractivity contribution is 7.96. The number of hydrogen-bond acceptors (Lipinski definition) is 2. The molecule has 0 heterocycles. The smallest absolute Gasteiger partial charge is 0.276 e. The Morgan fingerprint density at radius 1 is 1.44 bits per heavy atom. The maximum Gasteiger partial charge on any atom is 0.276 e. The first-order valence-electron chi connectivity index (χ1n) is 6.05. The molecule has 100 valence electrons. The second-order valence-electron chi connectivity index (χ2n) is 4.93. The van der Waals surface area contributed by atoms with E-state index in [-0.39, 0.29) is 10.7 Å². The van der Waals surface area contributed by atoms with Crippen molar-refractivity contribution < 1.29 is 9.53 Å². The maximum absolute atomic E-state index is 10.9. The Hall–Kier alpha value is -1.16. The van der Waals surface area contributed by atoms with Crippen molar-refractivity contribution in [3.05, 3.63) is 29.3 Å². The molecule has 1 rings (SSSR count). The highest BCUT2D eigenvalue weighted by Gasteiger charge is 2.25. The Balaban J connectivity index is 3.07. The van der Waals surface area contributed by atoms with Crippen LogP contribution in [0.5, 0.6) is 5.75 Å². The summed E-state index contributed by atoms with van der Waals surface area (Å²) in [6.45, 7) is 6.80. The number of thiol groups is 1. The van der Waals surface area contributed by atoms with Crippen molar-refractivity contribution >= 4 is 17.9 Å². The van der Waals surface area contributed by atoms with Gasteiger partial charge in [0, 0.05) is 17.5 Å². The number of nitrogens with one attached hydrogen (secondary N) is 1. The SMILES string of the molecule is CCc1ccc(OC)c(C(C)(C)CNC(=O)S)c1. The first-order chi connectivity index (χ1) is 8.40. The first-order valence-corrected chi connectivity index (χ1v) is 6.49. The van der Waals surface area contributed by atoms with E-state index in [0.717, 1.165) is 17.7 Å². The van der Waals surface area contributed by atoms with Crippen LogP contribution >= 0.6 is 12.6 Å². The second kappa shape index (κ2) is 6.14. The number of ether oxygens (including phenoxy) is 1. The molecule has 0 aliphatic carbocycles. The molecule has 3 nitrogen and oxygen atoms in total. The molecule has 1 N–H and O–H groups in total. The predicted molar refractivity (Wildman–Crippen MR) is 77.8 cm³/mol. The zero-order chi connectivity index (χ0) is 13.8. The van der Waals surface area contributed by atoms with Gasteiger partial charge >= 0.3 is 0 Å². The number of aryl methyl sites for hydroxylation is 1. The molecule has 0 fully saturated rings. The summed E-state index contributed by atoms with van der Waals surface area (Å²) in [5.74, 6) is 0.852. The fourth-order valence-corrected chi connectivity index (χ4v) is 1.97. The van der Waals surface area contributed by atoms with Crippen molar-refractivity contribution in [2.45, 2.75) is 32.6 Å². The highest BCUT2D eigenvalue weighted by atomic mass is 32.1. The Kier molecular flexibility index (Phi) is 5.08. The van der Waals surface area contributed by atoms with Gasteiger partial charge in [-0.05, 0) is 18.1 Å². The molecule has 1 aromatic carbocycles. The topological polar surface area (TPSA) is 38.3 Å². The molecule has 0 unspecified atom stereocenters. The summed E-state index contributed by atoms with van der Waals surface area (Å²) in [6, 6.07) is 6.19. The third-order valence-electron chi connectivity index (χ3n) is 3.08. The number of methoxy groups -OCH3 is 1. The van der Waals surface area contributed by atoms with Gasteiger partial charge in [-0.3, -0.25) is 4.79 Å². The molecule has 1 aromatic rings. The van der Waals surface area contributed by atoms with Gasteiger partial charge in [0.05, 0.1) is 7.11 Å². The average Bonchev–Trinajstić information content (AvgIpc) is 2.35. The number of carbonyl (C=O) groups excluding carboxylic acids is 1. The summed E-state index contributed by atoms with van der Waals surface area (Å²) in [5, 5.41) is 2.43. The Labute approximate surface area is 114 Å².